The molecule has 12 heteroatoms. The summed E-state index contributed by atoms with van der Waals surface area (Å²) in [7, 11) is 0. The first-order valence-electron chi connectivity index (χ1n) is 12.4. The lowest BCUT2D eigenvalue weighted by atomic mass is 10.1. The van der Waals surface area contributed by atoms with E-state index in [0.29, 0.717) is 15.5 Å². The molecule has 0 spiro atoms. The summed E-state index contributed by atoms with van der Waals surface area (Å²) < 4.78 is 46.9. The molecule has 0 aromatic heterocycles. The van der Waals surface area contributed by atoms with Crippen LogP contribution in [0.3, 0.4) is 0 Å². The molecular weight excluding hydrogens is 555 g/mol. The van der Waals surface area contributed by atoms with Crippen LogP contribution in [0.25, 0.3) is 0 Å². The minimum absolute atomic E-state index is 0.0173. The Bertz CT molecular complexity index is 1240. The van der Waals surface area contributed by atoms with Gasteiger partial charge in [0, 0.05) is 22.1 Å². The summed E-state index contributed by atoms with van der Waals surface area (Å²) in [5.41, 5.74) is -0.359. The number of rotatable bonds is 5. The predicted octanol–water partition coefficient (Wildman–Crippen LogP) is 6.17. The summed E-state index contributed by atoms with van der Waals surface area (Å²) in [6.45, 7) is 9.08. The zero-order valence-electron chi connectivity index (χ0n) is 22.2. The van der Waals surface area contributed by atoms with Crippen LogP contribution >= 0.6 is 23.4 Å². The topological polar surface area (TPSA) is 87.7 Å². The quantitative estimate of drug-likeness (QED) is 0.438. The first kappa shape index (κ1) is 30.6. The maximum atomic E-state index is 14.9. The van der Waals surface area contributed by atoms with E-state index >= 15 is 0 Å². The Labute approximate surface area is 234 Å². The molecule has 2 aromatic rings. The standard InChI is InChI=1S/C25H25ClF3N3O4S.C2H6/c1-24(2,3)36-23(35)30-17-12-37-19-9-16(27)15(21(33)31-20-10-25(20,28)29)8-18(19)32(22(17)34)11-13-4-6-14(26)7-5-13;1-2/h4-9,17,20H,10-12H2,1-3H3,(H,30,35)(H,31,33);1-2H3/t17-,20?;/m0./s1. The minimum atomic E-state index is -3.02. The van der Waals surface area contributed by atoms with Gasteiger partial charge in [-0.3, -0.25) is 9.59 Å². The van der Waals surface area contributed by atoms with Crippen molar-refractivity contribution in [2.45, 2.75) is 76.1 Å². The van der Waals surface area contributed by atoms with Crippen molar-refractivity contribution in [3.8, 4) is 0 Å². The highest BCUT2D eigenvalue weighted by molar-refractivity contribution is 7.99. The predicted molar refractivity (Wildman–Crippen MR) is 145 cm³/mol. The van der Waals surface area contributed by atoms with Crippen LogP contribution < -0.4 is 15.5 Å². The molecule has 1 aliphatic carbocycles. The molecule has 1 unspecified atom stereocenters. The van der Waals surface area contributed by atoms with E-state index in [0.717, 1.165) is 17.8 Å². The third kappa shape index (κ3) is 7.82. The largest absolute Gasteiger partial charge is 0.444 e. The van der Waals surface area contributed by atoms with Crippen molar-refractivity contribution in [1.82, 2.24) is 10.6 Å². The van der Waals surface area contributed by atoms with Gasteiger partial charge in [0.1, 0.15) is 17.5 Å². The van der Waals surface area contributed by atoms with Gasteiger partial charge in [-0.1, -0.05) is 37.6 Å². The average Bonchev–Trinajstić information content (AvgIpc) is 3.48. The summed E-state index contributed by atoms with van der Waals surface area (Å²) in [4.78, 5) is 40.3. The summed E-state index contributed by atoms with van der Waals surface area (Å²) in [5.74, 6) is -5.38. The first-order chi connectivity index (χ1) is 18.2. The van der Waals surface area contributed by atoms with Gasteiger partial charge in [-0.15, -0.1) is 11.8 Å². The molecule has 3 amide bonds. The van der Waals surface area contributed by atoms with Gasteiger partial charge in [-0.2, -0.15) is 0 Å². The van der Waals surface area contributed by atoms with Crippen molar-refractivity contribution in [2.24, 2.45) is 0 Å². The van der Waals surface area contributed by atoms with Crippen molar-refractivity contribution in [1.29, 1.82) is 0 Å². The minimum Gasteiger partial charge on any atom is -0.444 e. The number of ether oxygens (including phenoxy) is 1. The van der Waals surface area contributed by atoms with Crippen molar-refractivity contribution >= 4 is 47.0 Å². The second-order valence-corrected chi connectivity index (χ2v) is 11.3. The van der Waals surface area contributed by atoms with Crippen LogP contribution in [0, 0.1) is 5.82 Å². The Morgan fingerprint density at radius 3 is 2.33 bits per heavy atom. The number of halogens is 4. The van der Waals surface area contributed by atoms with Gasteiger partial charge >= 0.3 is 6.09 Å². The molecule has 7 nitrogen and oxygen atoms in total. The number of fused-ring (bicyclic) bond motifs is 1. The highest BCUT2D eigenvalue weighted by atomic mass is 35.5. The fourth-order valence-corrected chi connectivity index (χ4v) is 4.89. The molecule has 0 radical (unpaired) electrons. The molecule has 1 aliphatic heterocycles. The zero-order valence-corrected chi connectivity index (χ0v) is 23.8. The third-order valence-corrected chi connectivity index (χ3v) is 7.02. The summed E-state index contributed by atoms with van der Waals surface area (Å²) in [6, 6.07) is 6.59. The van der Waals surface area contributed by atoms with Crippen LogP contribution in [0.4, 0.5) is 23.7 Å². The molecule has 1 heterocycles. The third-order valence-electron chi connectivity index (χ3n) is 5.63. The number of anilines is 1. The summed E-state index contributed by atoms with van der Waals surface area (Å²) in [6.07, 6.45) is -1.30. The van der Waals surface area contributed by atoms with E-state index in [4.69, 9.17) is 16.3 Å². The van der Waals surface area contributed by atoms with Gasteiger partial charge in [-0.05, 0) is 50.6 Å². The van der Waals surface area contributed by atoms with E-state index in [2.05, 4.69) is 10.6 Å². The lowest BCUT2D eigenvalue weighted by Crippen LogP contribution is -2.50. The SMILES string of the molecule is CC.CC(C)(C)OC(=O)N[C@H]1CSc2cc(F)c(C(=O)NC3CC3(F)F)cc2N(Cc2ccc(Cl)cc2)C1=O. The highest BCUT2D eigenvalue weighted by Gasteiger charge is 2.58. The van der Waals surface area contributed by atoms with E-state index in [-0.39, 0.29) is 18.0 Å². The molecule has 39 heavy (non-hydrogen) atoms. The van der Waals surface area contributed by atoms with E-state index in [1.807, 2.05) is 13.8 Å². The van der Waals surface area contributed by atoms with Gasteiger partial charge in [-0.25, -0.2) is 18.0 Å². The Kier molecular flexibility index (Phi) is 9.48. The summed E-state index contributed by atoms with van der Waals surface area (Å²) in [5, 5.41) is 5.19. The molecule has 212 valence electrons. The molecule has 1 saturated carbocycles. The number of hydrogen-bond acceptors (Lipinski definition) is 5. The number of hydrogen-bond donors (Lipinski definition) is 2. The number of thioether (sulfide) groups is 1. The monoisotopic (exact) mass is 585 g/mol. The number of alkyl carbamates (subject to hydrolysis) is 1. The number of nitrogens with zero attached hydrogens (tertiary/aromatic N) is 1. The van der Waals surface area contributed by atoms with Gasteiger partial charge in [0.2, 0.25) is 0 Å². The van der Waals surface area contributed by atoms with Crippen LogP contribution in [-0.2, 0) is 16.1 Å². The van der Waals surface area contributed by atoms with Crippen LogP contribution in [0.2, 0.25) is 5.02 Å². The Hall–Kier alpha value is -2.92. The van der Waals surface area contributed by atoms with Gasteiger partial charge in [0.25, 0.3) is 17.7 Å². The molecule has 0 bridgehead atoms. The maximum Gasteiger partial charge on any atom is 0.408 e. The van der Waals surface area contributed by atoms with Crippen LogP contribution in [0.5, 0.6) is 0 Å². The Morgan fingerprint density at radius 2 is 1.77 bits per heavy atom. The van der Waals surface area contributed by atoms with Gasteiger partial charge < -0.3 is 20.3 Å². The normalized spacial score (nSPS) is 19.6. The fourth-order valence-electron chi connectivity index (χ4n) is 3.69. The van der Waals surface area contributed by atoms with Crippen LogP contribution in [0.15, 0.2) is 41.3 Å². The average molecular weight is 586 g/mol. The molecule has 2 atom stereocenters. The van der Waals surface area contributed by atoms with Crippen molar-refractivity contribution in [2.75, 3.05) is 10.7 Å². The van der Waals surface area contributed by atoms with Gasteiger partial charge in [0.05, 0.1) is 23.8 Å². The number of alkyl halides is 2. The lowest BCUT2D eigenvalue weighted by Gasteiger charge is -2.27. The number of amides is 3. The number of carbonyl (C=O) groups is 3. The second kappa shape index (κ2) is 12.1. The molecule has 0 saturated heterocycles. The summed E-state index contributed by atoms with van der Waals surface area (Å²) >= 11 is 7.09. The molecule has 1 fully saturated rings. The number of carbonyl (C=O) groups excluding carboxylic acids is 3. The van der Waals surface area contributed by atoms with Crippen molar-refractivity contribution in [3.05, 3.63) is 58.4 Å². The molecule has 2 N–H and O–H groups in total. The van der Waals surface area contributed by atoms with Crippen molar-refractivity contribution in [3.63, 3.8) is 0 Å². The van der Waals surface area contributed by atoms with Crippen LogP contribution in [-0.4, -0.2) is 47.3 Å². The second-order valence-electron chi connectivity index (χ2n) is 9.85. The molecular formula is C27H31ClF3N3O4S. The number of benzene rings is 2. The fraction of sp³-hybridized carbons (Fsp3) is 0.444. The molecule has 2 aromatic carbocycles. The molecule has 2 aliphatic rings. The number of nitrogens with one attached hydrogen (secondary N) is 2. The lowest BCUT2D eigenvalue weighted by molar-refractivity contribution is -0.120. The zero-order chi connectivity index (χ0) is 29.1. The van der Waals surface area contributed by atoms with E-state index in [1.165, 1.54) is 11.0 Å². The van der Waals surface area contributed by atoms with E-state index in [1.54, 1.807) is 45.0 Å². The van der Waals surface area contributed by atoms with Gasteiger partial charge in [0.15, 0.2) is 0 Å². The maximum absolute atomic E-state index is 14.9. The first-order valence-corrected chi connectivity index (χ1v) is 13.8. The Morgan fingerprint density at radius 1 is 1.15 bits per heavy atom. The van der Waals surface area contributed by atoms with E-state index < -0.39 is 59.3 Å². The van der Waals surface area contributed by atoms with Crippen molar-refractivity contribution < 1.29 is 32.3 Å². The highest BCUT2D eigenvalue weighted by Crippen LogP contribution is 2.42. The molecule has 4 rings (SSSR count). The Balaban J connectivity index is 0.00000205. The smallest absolute Gasteiger partial charge is 0.408 e. The van der Waals surface area contributed by atoms with E-state index in [9.17, 15) is 27.6 Å². The van der Waals surface area contributed by atoms with Crippen LogP contribution in [0.1, 0.15) is 57.0 Å².